The first-order valence-electron chi connectivity index (χ1n) is 11.6. The number of halogens is 3. The predicted molar refractivity (Wildman–Crippen MR) is 128 cm³/mol. The third kappa shape index (κ3) is 3.35. The third-order valence-electron chi connectivity index (χ3n) is 7.57. The average molecular weight is 502 g/mol. The van der Waals surface area contributed by atoms with E-state index in [4.69, 9.17) is 0 Å². The third-order valence-corrected chi connectivity index (χ3v) is 7.57. The molecule has 3 aliphatic rings. The van der Waals surface area contributed by atoms with E-state index in [1.165, 1.54) is 25.2 Å². The van der Waals surface area contributed by atoms with Crippen molar-refractivity contribution in [2.45, 2.75) is 44.2 Å². The minimum absolute atomic E-state index is 0.0217. The molecule has 3 fully saturated rings. The number of anilines is 1. The van der Waals surface area contributed by atoms with E-state index in [9.17, 15) is 27.6 Å². The molecular weight excluding hydrogens is 475 g/mol. The lowest BCUT2D eigenvalue weighted by Gasteiger charge is -2.69. The summed E-state index contributed by atoms with van der Waals surface area (Å²) in [4.78, 5) is 39.9. The highest BCUT2D eigenvalue weighted by atomic mass is 19.3. The topological polar surface area (TPSA) is 89.2 Å². The van der Waals surface area contributed by atoms with Gasteiger partial charge in [0.05, 0.1) is 27.9 Å². The van der Waals surface area contributed by atoms with Crippen LogP contribution in [-0.2, 0) is 17.4 Å². The number of alkyl halides is 2. The maximum atomic E-state index is 14.8. The van der Waals surface area contributed by atoms with Crippen LogP contribution in [0.15, 0.2) is 40.1 Å². The fourth-order valence-electron chi connectivity index (χ4n) is 5.84. The van der Waals surface area contributed by atoms with Gasteiger partial charge in [-0.05, 0) is 26.2 Å². The van der Waals surface area contributed by atoms with Crippen molar-refractivity contribution >= 4 is 22.5 Å². The lowest BCUT2D eigenvalue weighted by atomic mass is 9.38. The van der Waals surface area contributed by atoms with E-state index < -0.39 is 40.4 Å². The van der Waals surface area contributed by atoms with Crippen LogP contribution in [0.5, 0.6) is 0 Å². The van der Waals surface area contributed by atoms with Gasteiger partial charge in [0.15, 0.2) is 5.82 Å². The Bertz CT molecular complexity index is 1510. The van der Waals surface area contributed by atoms with Crippen LogP contribution in [-0.4, -0.2) is 39.3 Å². The van der Waals surface area contributed by atoms with Crippen molar-refractivity contribution in [2.24, 2.45) is 12.5 Å². The zero-order chi connectivity index (χ0) is 26.2. The summed E-state index contributed by atoms with van der Waals surface area (Å²) < 4.78 is 43.8. The van der Waals surface area contributed by atoms with Crippen LogP contribution in [0.2, 0.25) is 0 Å². The van der Waals surface area contributed by atoms with Gasteiger partial charge in [0.1, 0.15) is 5.82 Å². The molecule has 1 N–H and O–H groups in total. The van der Waals surface area contributed by atoms with Crippen LogP contribution in [0, 0.1) is 11.2 Å². The van der Waals surface area contributed by atoms with Crippen LogP contribution in [0.3, 0.4) is 0 Å². The SMILES string of the molecule is CC(Nc1nn(C)c(=O)c2cc(=O)n(C34CC(C(=O)N(C)C)(C3)C4)cc12)c1cccc(C(F)F)c1F. The standard InChI is InChI=1S/C25H26F3N5O3/c1-13(14-6-5-7-15(19(14)26)20(27)28)29-21-17-9-33(18(34)8-16(17)22(35)32(4)30-21)25-10-24(11-25,12-25)23(36)31(2)3/h5-9,13,20H,10-12H2,1-4H3,(H,29,30). The number of aromatic nitrogens is 3. The first-order chi connectivity index (χ1) is 16.9. The Labute approximate surface area is 204 Å². The van der Waals surface area contributed by atoms with Gasteiger partial charge in [0, 0.05) is 44.4 Å². The van der Waals surface area contributed by atoms with E-state index >= 15 is 0 Å². The summed E-state index contributed by atoms with van der Waals surface area (Å²) in [6.45, 7) is 1.60. The highest BCUT2D eigenvalue weighted by Gasteiger charge is 2.73. The minimum Gasteiger partial charge on any atom is -0.361 e. The molecule has 2 bridgehead atoms. The number of aryl methyl sites for hydroxylation is 1. The summed E-state index contributed by atoms with van der Waals surface area (Å²) in [6, 6.07) is 4.28. The quantitative estimate of drug-likeness (QED) is 0.560. The molecule has 11 heteroatoms. The fourth-order valence-corrected chi connectivity index (χ4v) is 5.84. The number of pyridine rings is 1. The lowest BCUT2D eigenvalue weighted by molar-refractivity contribution is -0.205. The molecule has 0 radical (unpaired) electrons. The Morgan fingerprint density at radius 3 is 2.39 bits per heavy atom. The summed E-state index contributed by atoms with van der Waals surface area (Å²) in [7, 11) is 4.84. The first-order valence-corrected chi connectivity index (χ1v) is 11.6. The fraction of sp³-hybridized carbons (Fsp3) is 0.440. The molecule has 3 saturated carbocycles. The van der Waals surface area contributed by atoms with E-state index in [0.717, 1.165) is 10.7 Å². The molecule has 3 aliphatic carbocycles. The van der Waals surface area contributed by atoms with E-state index in [2.05, 4.69) is 10.4 Å². The summed E-state index contributed by atoms with van der Waals surface area (Å²) >= 11 is 0. The Balaban J connectivity index is 1.55. The molecule has 2 heterocycles. The second-order valence-electron chi connectivity index (χ2n) is 10.2. The van der Waals surface area contributed by atoms with Gasteiger partial charge in [0.25, 0.3) is 17.5 Å². The molecule has 0 aliphatic heterocycles. The smallest absolute Gasteiger partial charge is 0.274 e. The van der Waals surface area contributed by atoms with Gasteiger partial charge in [0.2, 0.25) is 5.91 Å². The van der Waals surface area contributed by atoms with Crippen LogP contribution in [0.4, 0.5) is 19.0 Å². The average Bonchev–Trinajstić information content (AvgIpc) is 2.75. The summed E-state index contributed by atoms with van der Waals surface area (Å²) in [6.07, 6.45) is 0.206. The molecule has 0 spiro atoms. The molecule has 3 aromatic rings. The van der Waals surface area contributed by atoms with Crippen molar-refractivity contribution in [3.05, 3.63) is 68.1 Å². The highest BCUT2D eigenvalue weighted by Crippen LogP contribution is 2.71. The van der Waals surface area contributed by atoms with Crippen molar-refractivity contribution in [3.8, 4) is 0 Å². The normalized spacial score (nSPS) is 23.2. The van der Waals surface area contributed by atoms with Gasteiger partial charge in [-0.2, -0.15) is 5.10 Å². The number of rotatable bonds is 6. The van der Waals surface area contributed by atoms with E-state index in [1.54, 1.807) is 36.7 Å². The number of benzene rings is 1. The molecule has 6 rings (SSSR count). The maximum Gasteiger partial charge on any atom is 0.274 e. The van der Waals surface area contributed by atoms with Crippen molar-refractivity contribution in [3.63, 3.8) is 0 Å². The highest BCUT2D eigenvalue weighted by molar-refractivity contribution is 5.91. The van der Waals surface area contributed by atoms with Crippen LogP contribution in [0.25, 0.3) is 10.8 Å². The van der Waals surface area contributed by atoms with Crippen LogP contribution < -0.4 is 16.4 Å². The summed E-state index contributed by atoms with van der Waals surface area (Å²) in [5, 5.41) is 7.80. The number of carbonyl (C=O) groups is 1. The number of nitrogens with zero attached hydrogens (tertiary/aromatic N) is 4. The number of nitrogens with one attached hydrogen (secondary N) is 1. The van der Waals surface area contributed by atoms with Crippen molar-refractivity contribution in [1.29, 1.82) is 0 Å². The predicted octanol–water partition coefficient (Wildman–Crippen LogP) is 3.31. The molecule has 1 aromatic carbocycles. The largest absolute Gasteiger partial charge is 0.361 e. The molecule has 1 atom stereocenters. The molecule has 1 unspecified atom stereocenters. The zero-order valence-electron chi connectivity index (χ0n) is 20.3. The maximum absolute atomic E-state index is 14.8. The van der Waals surface area contributed by atoms with E-state index in [-0.39, 0.29) is 28.2 Å². The number of fused-ring (bicyclic) bond motifs is 1. The van der Waals surface area contributed by atoms with Gasteiger partial charge < -0.3 is 14.8 Å². The zero-order valence-corrected chi connectivity index (χ0v) is 20.3. The Morgan fingerprint density at radius 2 is 1.78 bits per heavy atom. The van der Waals surface area contributed by atoms with E-state index in [0.29, 0.717) is 24.6 Å². The number of amides is 1. The van der Waals surface area contributed by atoms with Crippen molar-refractivity contribution in [1.82, 2.24) is 19.2 Å². The molecule has 2 aromatic heterocycles. The molecule has 8 nitrogen and oxygen atoms in total. The van der Waals surface area contributed by atoms with Crippen LogP contribution >= 0.6 is 0 Å². The second kappa shape index (κ2) is 7.94. The van der Waals surface area contributed by atoms with Gasteiger partial charge in [-0.1, -0.05) is 18.2 Å². The molecular formula is C25H26F3N5O3. The van der Waals surface area contributed by atoms with Gasteiger partial charge >= 0.3 is 0 Å². The number of carbonyl (C=O) groups excluding carboxylic acids is 1. The molecule has 1 amide bonds. The molecule has 36 heavy (non-hydrogen) atoms. The lowest BCUT2D eigenvalue weighted by Crippen LogP contribution is -2.73. The molecule has 0 saturated heterocycles. The molecule has 190 valence electrons. The second-order valence-corrected chi connectivity index (χ2v) is 10.2. The van der Waals surface area contributed by atoms with Crippen LogP contribution in [0.1, 0.15) is 49.8 Å². The minimum atomic E-state index is -2.96. The Morgan fingerprint density at radius 1 is 1.14 bits per heavy atom. The Hall–Kier alpha value is -3.63. The summed E-state index contributed by atoms with van der Waals surface area (Å²) in [5.41, 5.74) is -2.46. The monoisotopic (exact) mass is 501 g/mol. The number of hydrogen-bond acceptors (Lipinski definition) is 5. The van der Waals surface area contributed by atoms with Crippen molar-refractivity contribution < 1.29 is 18.0 Å². The van der Waals surface area contributed by atoms with Crippen molar-refractivity contribution in [2.75, 3.05) is 19.4 Å². The number of hydrogen-bond donors (Lipinski definition) is 1. The van der Waals surface area contributed by atoms with Gasteiger partial charge in [-0.3, -0.25) is 14.4 Å². The van der Waals surface area contributed by atoms with Gasteiger partial charge in [-0.15, -0.1) is 0 Å². The summed E-state index contributed by atoms with van der Waals surface area (Å²) in [5.74, 6) is -0.762. The Kier molecular flexibility index (Phi) is 5.31. The van der Waals surface area contributed by atoms with Gasteiger partial charge in [-0.25, -0.2) is 17.9 Å². The first kappa shape index (κ1) is 24.1. The van der Waals surface area contributed by atoms with E-state index in [1.807, 2.05) is 0 Å².